The van der Waals surface area contributed by atoms with Gasteiger partial charge in [0, 0.05) is 20.6 Å². The van der Waals surface area contributed by atoms with Crippen molar-refractivity contribution in [2.75, 3.05) is 5.32 Å². The van der Waals surface area contributed by atoms with Gasteiger partial charge in [-0.15, -0.1) is 0 Å². The van der Waals surface area contributed by atoms with Crippen molar-refractivity contribution >= 4 is 44.8 Å². The first-order valence-electron chi connectivity index (χ1n) is 9.49. The minimum Gasteiger partial charge on any atom is -0.457 e. The van der Waals surface area contributed by atoms with Gasteiger partial charge in [0.05, 0.1) is 17.4 Å². The van der Waals surface area contributed by atoms with Gasteiger partial charge in [-0.3, -0.25) is 4.79 Å². The Hall–Kier alpha value is -2.80. The summed E-state index contributed by atoms with van der Waals surface area (Å²) in [4.78, 5) is 13.4. The summed E-state index contributed by atoms with van der Waals surface area (Å²) in [6.45, 7) is 0. The van der Waals surface area contributed by atoms with Gasteiger partial charge < -0.3 is 15.5 Å². The fourth-order valence-corrected chi connectivity index (χ4v) is 4.93. The van der Waals surface area contributed by atoms with Crippen molar-refractivity contribution in [1.29, 1.82) is 0 Å². The lowest BCUT2D eigenvalue weighted by Gasteiger charge is -2.44. The molecule has 0 aliphatic carbocycles. The van der Waals surface area contributed by atoms with E-state index in [-0.39, 0.29) is 11.9 Å². The van der Waals surface area contributed by atoms with E-state index in [1.54, 1.807) is 18.2 Å². The van der Waals surface area contributed by atoms with Crippen molar-refractivity contribution in [2.24, 2.45) is 0 Å². The Bertz CT molecular complexity index is 1250. The predicted molar refractivity (Wildman–Crippen MR) is 119 cm³/mol. The average molecular weight is 481 g/mol. The fourth-order valence-electron chi connectivity index (χ4n) is 4.38. The summed E-state index contributed by atoms with van der Waals surface area (Å²) in [5.41, 5.74) is 6.37. The molecule has 2 N–H and O–H groups in total. The monoisotopic (exact) mass is 479 g/mol. The highest BCUT2D eigenvalue weighted by Crippen LogP contribution is 2.53. The first-order valence-corrected chi connectivity index (χ1v) is 10.7. The molecule has 3 aromatic carbocycles. The molecule has 1 amide bonds. The standard InChI is InChI=1S/C23H15BrClN3O2/c24-14-6-9-21-16(10-14)20-12-19(13-4-2-1-3-5-13)27-28(20)23(30-21)17-11-15(25)7-8-18(17)26-22(23)29/h1-12,20,27H,(H,26,29). The number of benzene rings is 3. The Morgan fingerprint density at radius 1 is 1.07 bits per heavy atom. The molecule has 3 aromatic rings. The summed E-state index contributed by atoms with van der Waals surface area (Å²) >= 11 is 9.87. The Morgan fingerprint density at radius 2 is 1.90 bits per heavy atom. The molecule has 30 heavy (non-hydrogen) atoms. The van der Waals surface area contributed by atoms with E-state index < -0.39 is 5.72 Å². The molecule has 5 nitrogen and oxygen atoms in total. The number of anilines is 1. The fraction of sp³-hybridized carbons (Fsp3) is 0.0870. The highest BCUT2D eigenvalue weighted by atomic mass is 79.9. The zero-order valence-corrected chi connectivity index (χ0v) is 17.9. The lowest BCUT2D eigenvalue weighted by atomic mass is 9.95. The van der Waals surface area contributed by atoms with Crippen LogP contribution in [0.25, 0.3) is 5.70 Å². The van der Waals surface area contributed by atoms with Gasteiger partial charge >= 0.3 is 0 Å². The lowest BCUT2D eigenvalue weighted by molar-refractivity contribution is -0.165. The van der Waals surface area contributed by atoms with Crippen molar-refractivity contribution < 1.29 is 9.53 Å². The molecule has 0 bridgehead atoms. The second-order valence-corrected chi connectivity index (χ2v) is 8.80. The van der Waals surface area contributed by atoms with E-state index in [9.17, 15) is 4.79 Å². The van der Waals surface area contributed by atoms with Gasteiger partial charge in [-0.1, -0.05) is 57.9 Å². The maximum absolute atomic E-state index is 13.4. The summed E-state index contributed by atoms with van der Waals surface area (Å²) in [7, 11) is 0. The van der Waals surface area contributed by atoms with Crippen LogP contribution in [0, 0.1) is 0 Å². The molecule has 3 aliphatic heterocycles. The zero-order chi connectivity index (χ0) is 20.5. The van der Waals surface area contributed by atoms with Crippen LogP contribution >= 0.6 is 27.5 Å². The summed E-state index contributed by atoms with van der Waals surface area (Å²) in [6, 6.07) is 21.0. The van der Waals surface area contributed by atoms with E-state index in [0.29, 0.717) is 22.0 Å². The number of amides is 1. The number of nitrogens with zero attached hydrogens (tertiary/aromatic N) is 1. The van der Waals surface area contributed by atoms with Gasteiger partial charge in [0.15, 0.2) is 0 Å². The summed E-state index contributed by atoms with van der Waals surface area (Å²) in [6.07, 6.45) is 2.13. The first-order chi connectivity index (χ1) is 14.6. The van der Waals surface area contributed by atoms with Crippen molar-refractivity contribution in [3.05, 3.63) is 99.0 Å². The van der Waals surface area contributed by atoms with Gasteiger partial charge in [-0.2, -0.15) is 5.01 Å². The number of ether oxygens (including phenoxy) is 1. The van der Waals surface area contributed by atoms with Crippen LogP contribution in [0.4, 0.5) is 5.69 Å². The second kappa shape index (κ2) is 6.35. The van der Waals surface area contributed by atoms with Crippen LogP contribution in [-0.4, -0.2) is 10.9 Å². The van der Waals surface area contributed by atoms with Gasteiger partial charge in [0.1, 0.15) is 5.75 Å². The third-order valence-corrected chi connectivity index (χ3v) is 6.45. The summed E-state index contributed by atoms with van der Waals surface area (Å²) in [5.74, 6) is 0.406. The number of rotatable bonds is 1. The molecule has 7 heteroatoms. The number of carbonyl (C=O) groups excluding carboxylic acids is 1. The quantitative estimate of drug-likeness (QED) is 0.502. The number of hydrazine groups is 1. The number of nitrogens with one attached hydrogen (secondary N) is 2. The number of halogens is 2. The summed E-state index contributed by atoms with van der Waals surface area (Å²) in [5, 5.41) is 5.38. The summed E-state index contributed by atoms with van der Waals surface area (Å²) < 4.78 is 7.41. The number of fused-ring (bicyclic) bond motifs is 6. The highest BCUT2D eigenvalue weighted by Gasteiger charge is 2.60. The molecule has 2 unspecified atom stereocenters. The number of hydrogen-bond donors (Lipinski definition) is 2. The Kier molecular flexibility index (Phi) is 3.81. The molecular weight excluding hydrogens is 466 g/mol. The van der Waals surface area contributed by atoms with Crippen LogP contribution in [0.2, 0.25) is 5.02 Å². The van der Waals surface area contributed by atoms with E-state index in [4.69, 9.17) is 16.3 Å². The number of carbonyl (C=O) groups is 1. The molecular formula is C23H15BrClN3O2. The normalized spacial score (nSPS) is 23.7. The maximum atomic E-state index is 13.4. The Balaban J connectivity index is 1.58. The first kappa shape index (κ1) is 18.0. The van der Waals surface area contributed by atoms with E-state index in [1.807, 2.05) is 53.5 Å². The molecule has 6 rings (SSSR count). The average Bonchev–Trinajstić information content (AvgIpc) is 3.31. The molecule has 0 fully saturated rings. The highest BCUT2D eigenvalue weighted by molar-refractivity contribution is 9.10. The molecule has 3 aliphatic rings. The van der Waals surface area contributed by atoms with Crippen LogP contribution in [-0.2, 0) is 10.5 Å². The van der Waals surface area contributed by atoms with E-state index in [0.717, 1.165) is 21.3 Å². The van der Waals surface area contributed by atoms with Crippen LogP contribution in [0.1, 0.15) is 22.7 Å². The number of hydrogen-bond acceptors (Lipinski definition) is 4. The van der Waals surface area contributed by atoms with Crippen molar-refractivity contribution in [3.8, 4) is 5.75 Å². The molecule has 0 aromatic heterocycles. The van der Waals surface area contributed by atoms with Crippen molar-refractivity contribution in [2.45, 2.75) is 11.8 Å². The van der Waals surface area contributed by atoms with Gasteiger partial charge in [0.2, 0.25) is 0 Å². The van der Waals surface area contributed by atoms with Crippen LogP contribution in [0.15, 0.2) is 77.3 Å². The maximum Gasteiger partial charge on any atom is 0.291 e. The van der Waals surface area contributed by atoms with E-state index in [1.165, 1.54) is 0 Å². The van der Waals surface area contributed by atoms with Crippen molar-refractivity contribution in [3.63, 3.8) is 0 Å². The zero-order valence-electron chi connectivity index (χ0n) is 15.5. The van der Waals surface area contributed by atoms with E-state index in [2.05, 4.69) is 32.7 Å². The molecule has 1 spiro atoms. The van der Waals surface area contributed by atoms with Gasteiger partial charge in [-0.25, -0.2) is 0 Å². The van der Waals surface area contributed by atoms with Gasteiger partial charge in [-0.05, 0) is 48.0 Å². The third kappa shape index (κ3) is 2.41. The van der Waals surface area contributed by atoms with E-state index >= 15 is 0 Å². The topological polar surface area (TPSA) is 53.6 Å². The van der Waals surface area contributed by atoms with Crippen LogP contribution < -0.4 is 15.5 Å². The van der Waals surface area contributed by atoms with Gasteiger partial charge in [0.25, 0.3) is 11.6 Å². The molecule has 0 saturated carbocycles. The third-order valence-electron chi connectivity index (χ3n) is 5.72. The van der Waals surface area contributed by atoms with Crippen LogP contribution in [0.5, 0.6) is 5.75 Å². The Labute approximate surface area is 186 Å². The second-order valence-electron chi connectivity index (χ2n) is 7.45. The minimum atomic E-state index is -1.38. The minimum absolute atomic E-state index is 0.211. The van der Waals surface area contributed by atoms with Crippen LogP contribution in [0.3, 0.4) is 0 Å². The predicted octanol–water partition coefficient (Wildman–Crippen LogP) is 5.20. The molecule has 2 atom stereocenters. The molecule has 0 radical (unpaired) electrons. The molecule has 0 saturated heterocycles. The largest absolute Gasteiger partial charge is 0.457 e. The SMILES string of the molecule is O=C1Nc2ccc(Cl)cc2C12Oc1ccc(Br)cc1C1C=C(c3ccccc3)NN12. The smallest absolute Gasteiger partial charge is 0.291 e. The van der Waals surface area contributed by atoms with Crippen molar-refractivity contribution in [1.82, 2.24) is 10.4 Å². The Morgan fingerprint density at radius 3 is 2.73 bits per heavy atom. The molecule has 148 valence electrons. The molecule has 3 heterocycles. The lowest BCUT2D eigenvalue weighted by Crippen LogP contribution is -2.60.